The van der Waals surface area contributed by atoms with Crippen LogP contribution in [0.15, 0.2) is 47.5 Å². The number of rotatable bonds is 6. The maximum atomic E-state index is 12.6. The Bertz CT molecular complexity index is 1410. The monoisotopic (exact) mass is 472 g/mol. The lowest BCUT2D eigenvalue weighted by Gasteiger charge is -2.06. The smallest absolute Gasteiger partial charge is 0.251 e. The van der Waals surface area contributed by atoms with Gasteiger partial charge in [0.25, 0.3) is 5.91 Å². The standard InChI is InChI=1S/C25H24N6O2S/c1-16-3-4-20(25(33)28-12-18-7-10-34-14-18)11-19(16)5-6-21-13-31(9-8-27-17(2)32)24-22(21)23(26)29-15-30-24/h3-4,7,10-11,13-15H,8-9,12H2,1-2H3,(H,27,32)(H,28,33)(H2,26,29,30). The molecule has 0 atom stereocenters. The van der Waals surface area contributed by atoms with Crippen molar-refractivity contribution < 1.29 is 9.59 Å². The minimum atomic E-state index is -0.151. The van der Waals surface area contributed by atoms with E-state index in [2.05, 4.69) is 32.4 Å². The average molecular weight is 473 g/mol. The van der Waals surface area contributed by atoms with Crippen LogP contribution in [0, 0.1) is 18.8 Å². The summed E-state index contributed by atoms with van der Waals surface area (Å²) < 4.78 is 1.90. The van der Waals surface area contributed by atoms with Crippen LogP contribution in [-0.2, 0) is 17.9 Å². The number of amides is 2. The number of carbonyl (C=O) groups excluding carboxylic acids is 2. The quantitative estimate of drug-likeness (QED) is 0.373. The zero-order valence-corrected chi connectivity index (χ0v) is 19.7. The first kappa shape index (κ1) is 23.0. The van der Waals surface area contributed by atoms with Crippen molar-refractivity contribution in [2.45, 2.75) is 26.9 Å². The lowest BCUT2D eigenvalue weighted by Crippen LogP contribution is -2.24. The predicted molar refractivity (Wildman–Crippen MR) is 133 cm³/mol. The number of anilines is 1. The van der Waals surface area contributed by atoms with Crippen molar-refractivity contribution in [3.05, 3.63) is 75.4 Å². The van der Waals surface area contributed by atoms with E-state index in [4.69, 9.17) is 5.73 Å². The van der Waals surface area contributed by atoms with Crippen LogP contribution in [-0.4, -0.2) is 32.9 Å². The van der Waals surface area contributed by atoms with Gasteiger partial charge in [-0.15, -0.1) is 0 Å². The summed E-state index contributed by atoms with van der Waals surface area (Å²) in [6, 6.07) is 7.46. The van der Waals surface area contributed by atoms with Gasteiger partial charge in [-0.05, 0) is 47.0 Å². The molecule has 3 heterocycles. The van der Waals surface area contributed by atoms with E-state index in [0.717, 1.165) is 16.7 Å². The fourth-order valence-corrected chi connectivity index (χ4v) is 4.14. The number of benzene rings is 1. The van der Waals surface area contributed by atoms with Gasteiger partial charge in [0.05, 0.1) is 10.9 Å². The molecular weight excluding hydrogens is 448 g/mol. The first-order valence-corrected chi connectivity index (χ1v) is 11.6. The molecule has 9 heteroatoms. The Kier molecular flexibility index (Phi) is 6.90. The SMILES string of the molecule is CC(=O)NCCn1cc(C#Cc2cc(C(=O)NCc3ccsc3)ccc2C)c2c(N)ncnc21. The topological polar surface area (TPSA) is 115 Å². The third-order valence-corrected chi connectivity index (χ3v) is 6.01. The molecule has 0 aliphatic rings. The number of aromatic nitrogens is 3. The minimum Gasteiger partial charge on any atom is -0.383 e. The van der Waals surface area contributed by atoms with Crippen LogP contribution in [0.3, 0.4) is 0 Å². The highest BCUT2D eigenvalue weighted by atomic mass is 32.1. The molecule has 0 aliphatic carbocycles. The molecule has 0 bridgehead atoms. The molecule has 4 aromatic rings. The van der Waals surface area contributed by atoms with Crippen molar-refractivity contribution in [3.63, 3.8) is 0 Å². The highest BCUT2D eigenvalue weighted by molar-refractivity contribution is 7.07. The number of nitrogens with two attached hydrogens (primary N) is 1. The van der Waals surface area contributed by atoms with E-state index in [9.17, 15) is 9.59 Å². The van der Waals surface area contributed by atoms with Crippen LogP contribution >= 0.6 is 11.3 Å². The molecule has 3 aromatic heterocycles. The zero-order valence-electron chi connectivity index (χ0n) is 18.9. The summed E-state index contributed by atoms with van der Waals surface area (Å²) in [5.74, 6) is 6.45. The number of aryl methyl sites for hydroxylation is 1. The average Bonchev–Trinajstić information content (AvgIpc) is 3.45. The zero-order chi connectivity index (χ0) is 24.1. The van der Waals surface area contributed by atoms with Crippen LogP contribution in [0.2, 0.25) is 0 Å². The van der Waals surface area contributed by atoms with Gasteiger partial charge in [-0.3, -0.25) is 9.59 Å². The number of thiophene rings is 1. The summed E-state index contributed by atoms with van der Waals surface area (Å²) in [7, 11) is 0. The molecule has 0 saturated carbocycles. The third-order valence-electron chi connectivity index (χ3n) is 5.27. The van der Waals surface area contributed by atoms with Crippen LogP contribution in [0.5, 0.6) is 0 Å². The van der Waals surface area contributed by atoms with Crippen molar-refractivity contribution in [3.8, 4) is 11.8 Å². The van der Waals surface area contributed by atoms with E-state index >= 15 is 0 Å². The van der Waals surface area contributed by atoms with Gasteiger partial charge in [-0.2, -0.15) is 11.3 Å². The van der Waals surface area contributed by atoms with Gasteiger partial charge < -0.3 is 20.9 Å². The van der Waals surface area contributed by atoms with Crippen LogP contribution in [0.1, 0.15) is 39.5 Å². The van der Waals surface area contributed by atoms with Crippen LogP contribution in [0.4, 0.5) is 5.82 Å². The Morgan fingerprint density at radius 1 is 1.15 bits per heavy atom. The van der Waals surface area contributed by atoms with Gasteiger partial charge in [0, 0.05) is 43.9 Å². The second kappa shape index (κ2) is 10.2. The molecule has 2 amide bonds. The van der Waals surface area contributed by atoms with E-state index in [-0.39, 0.29) is 11.8 Å². The fraction of sp³-hybridized carbons (Fsp3) is 0.200. The van der Waals surface area contributed by atoms with Gasteiger partial charge in [-0.25, -0.2) is 9.97 Å². The number of nitrogens with zero attached hydrogens (tertiary/aromatic N) is 3. The molecule has 1 aromatic carbocycles. The second-order valence-corrected chi connectivity index (χ2v) is 8.55. The molecule has 0 unspecified atom stereocenters. The number of carbonyl (C=O) groups is 2. The number of fused-ring (bicyclic) bond motifs is 1. The van der Waals surface area contributed by atoms with Crippen molar-refractivity contribution in [1.82, 2.24) is 25.2 Å². The van der Waals surface area contributed by atoms with Gasteiger partial charge >= 0.3 is 0 Å². The third kappa shape index (κ3) is 5.24. The summed E-state index contributed by atoms with van der Waals surface area (Å²) in [4.78, 5) is 32.3. The number of nitrogen functional groups attached to an aromatic ring is 1. The Balaban J connectivity index is 1.60. The van der Waals surface area contributed by atoms with Crippen LogP contribution in [0.25, 0.3) is 11.0 Å². The Morgan fingerprint density at radius 2 is 1.97 bits per heavy atom. The molecule has 8 nitrogen and oxygen atoms in total. The van der Waals surface area contributed by atoms with Gasteiger partial charge in [0.2, 0.25) is 5.91 Å². The summed E-state index contributed by atoms with van der Waals surface area (Å²) in [5, 5.41) is 10.4. The predicted octanol–water partition coefficient (Wildman–Crippen LogP) is 2.85. The Morgan fingerprint density at radius 3 is 2.74 bits per heavy atom. The number of hydrogen-bond donors (Lipinski definition) is 3. The highest BCUT2D eigenvalue weighted by Crippen LogP contribution is 2.23. The Hall–Kier alpha value is -4.16. The first-order chi connectivity index (χ1) is 16.4. The van der Waals surface area contributed by atoms with Crippen molar-refractivity contribution in [2.24, 2.45) is 0 Å². The lowest BCUT2D eigenvalue weighted by molar-refractivity contribution is -0.118. The maximum absolute atomic E-state index is 12.6. The summed E-state index contributed by atoms with van der Waals surface area (Å²) >= 11 is 1.60. The first-order valence-electron chi connectivity index (χ1n) is 10.7. The molecular formula is C25H24N6O2S. The van der Waals surface area contributed by atoms with E-state index in [0.29, 0.717) is 47.6 Å². The highest BCUT2D eigenvalue weighted by Gasteiger charge is 2.13. The molecule has 0 spiro atoms. The van der Waals surface area contributed by atoms with Crippen molar-refractivity contribution in [1.29, 1.82) is 0 Å². The molecule has 172 valence electrons. The number of hydrogen-bond acceptors (Lipinski definition) is 6. The number of nitrogens with one attached hydrogen (secondary N) is 2. The molecule has 0 aliphatic heterocycles. The fourth-order valence-electron chi connectivity index (χ4n) is 3.47. The van der Waals surface area contributed by atoms with E-state index < -0.39 is 0 Å². The van der Waals surface area contributed by atoms with Gasteiger partial charge in [-0.1, -0.05) is 17.9 Å². The van der Waals surface area contributed by atoms with Gasteiger partial charge in [0.15, 0.2) is 0 Å². The molecule has 4 N–H and O–H groups in total. The summed E-state index contributed by atoms with van der Waals surface area (Å²) in [6.45, 7) is 4.88. The van der Waals surface area contributed by atoms with Crippen molar-refractivity contribution >= 4 is 40.0 Å². The maximum Gasteiger partial charge on any atom is 0.251 e. The van der Waals surface area contributed by atoms with E-state index in [1.807, 2.05) is 40.6 Å². The summed E-state index contributed by atoms with van der Waals surface area (Å²) in [6.07, 6.45) is 3.27. The van der Waals surface area contributed by atoms with Crippen LogP contribution < -0.4 is 16.4 Å². The molecule has 0 saturated heterocycles. The van der Waals surface area contributed by atoms with E-state index in [1.54, 1.807) is 23.5 Å². The molecule has 34 heavy (non-hydrogen) atoms. The van der Waals surface area contributed by atoms with Gasteiger partial charge in [0.1, 0.15) is 17.8 Å². The largest absolute Gasteiger partial charge is 0.383 e. The Labute approximate surface area is 201 Å². The summed E-state index contributed by atoms with van der Waals surface area (Å²) in [5.41, 5.74) is 10.8. The molecule has 0 radical (unpaired) electrons. The van der Waals surface area contributed by atoms with Crippen molar-refractivity contribution in [2.75, 3.05) is 12.3 Å². The second-order valence-electron chi connectivity index (χ2n) is 7.77. The molecule has 0 fully saturated rings. The lowest BCUT2D eigenvalue weighted by atomic mass is 10.0. The minimum absolute atomic E-state index is 0.0969. The van der Waals surface area contributed by atoms with E-state index in [1.165, 1.54) is 13.3 Å². The molecule has 4 rings (SSSR count). The normalized spacial score (nSPS) is 10.5.